The van der Waals surface area contributed by atoms with Crippen LogP contribution in [0, 0.1) is 0 Å². The lowest BCUT2D eigenvalue weighted by atomic mass is 9.84. The normalized spacial score (nSPS) is 22.5. The van der Waals surface area contributed by atoms with E-state index >= 15 is 0 Å². The monoisotopic (exact) mass is 371 g/mol. The smallest absolute Gasteiger partial charge is 0.258 e. The summed E-state index contributed by atoms with van der Waals surface area (Å²) in [4.78, 5) is 22.2. The van der Waals surface area contributed by atoms with Gasteiger partial charge in [-0.1, -0.05) is 31.4 Å². The van der Waals surface area contributed by atoms with E-state index in [4.69, 9.17) is 4.74 Å². The summed E-state index contributed by atoms with van der Waals surface area (Å²) in [6.07, 6.45) is 7.39. The maximum Gasteiger partial charge on any atom is 0.258 e. The molecule has 27 heavy (non-hydrogen) atoms. The van der Waals surface area contributed by atoms with Gasteiger partial charge in [-0.25, -0.2) is 4.98 Å². The van der Waals surface area contributed by atoms with Crippen molar-refractivity contribution in [2.75, 3.05) is 19.7 Å². The molecule has 146 valence electrons. The van der Waals surface area contributed by atoms with Gasteiger partial charge < -0.3 is 14.8 Å². The molecule has 2 N–H and O–H groups in total. The van der Waals surface area contributed by atoms with E-state index in [9.17, 15) is 9.90 Å². The Kier molecular flexibility index (Phi) is 5.57. The van der Waals surface area contributed by atoms with Gasteiger partial charge in [-0.15, -0.1) is 0 Å². The maximum absolute atomic E-state index is 12.4. The number of rotatable bonds is 6. The van der Waals surface area contributed by atoms with Crippen molar-refractivity contribution < 1.29 is 9.84 Å². The molecule has 0 bridgehead atoms. The summed E-state index contributed by atoms with van der Waals surface area (Å²) in [7, 11) is 0. The number of hydrogen-bond donors (Lipinski definition) is 2. The van der Waals surface area contributed by atoms with Crippen LogP contribution in [0.5, 0.6) is 0 Å². The topological polar surface area (TPSA) is 78.5 Å². The van der Waals surface area contributed by atoms with Crippen LogP contribution in [-0.4, -0.2) is 51.4 Å². The number of hydrogen-bond acceptors (Lipinski definition) is 5. The second-order valence-electron chi connectivity index (χ2n) is 8.12. The van der Waals surface area contributed by atoms with Crippen molar-refractivity contribution in [1.29, 1.82) is 0 Å². The van der Waals surface area contributed by atoms with Crippen LogP contribution in [0.4, 0.5) is 0 Å². The van der Waals surface area contributed by atoms with E-state index in [2.05, 4.69) is 14.9 Å². The first-order valence-corrected chi connectivity index (χ1v) is 10.2. The molecule has 2 heterocycles. The van der Waals surface area contributed by atoms with Gasteiger partial charge in [0.15, 0.2) is 0 Å². The second kappa shape index (κ2) is 8.09. The molecule has 1 atom stereocenters. The highest BCUT2D eigenvalue weighted by molar-refractivity contribution is 5.77. The summed E-state index contributed by atoms with van der Waals surface area (Å²) in [5, 5.41) is 11.7. The molecule has 0 radical (unpaired) electrons. The van der Waals surface area contributed by atoms with Gasteiger partial charge in [0, 0.05) is 19.7 Å². The second-order valence-corrected chi connectivity index (χ2v) is 8.12. The molecule has 0 spiro atoms. The Morgan fingerprint density at radius 1 is 1.22 bits per heavy atom. The molecule has 1 unspecified atom stereocenters. The number of aromatic amines is 1. The first kappa shape index (κ1) is 18.6. The molecule has 0 amide bonds. The van der Waals surface area contributed by atoms with Gasteiger partial charge in [-0.2, -0.15) is 0 Å². The van der Waals surface area contributed by atoms with Crippen molar-refractivity contribution in [2.24, 2.45) is 0 Å². The first-order chi connectivity index (χ1) is 13.1. The summed E-state index contributed by atoms with van der Waals surface area (Å²) in [6.45, 7) is 2.69. The van der Waals surface area contributed by atoms with Crippen LogP contribution >= 0.6 is 0 Å². The third-order valence-corrected chi connectivity index (χ3v) is 5.82. The average molecular weight is 371 g/mol. The molecular formula is C21H29N3O3. The van der Waals surface area contributed by atoms with Gasteiger partial charge in [0.2, 0.25) is 0 Å². The standard InChI is InChI=1S/C21H29N3O3/c25-20-17-8-2-3-9-18(17)22-19(23-20)14-24(13-16-7-6-12-27-16)15-21(26)10-4-1-5-11-21/h2-3,8-9,16,26H,1,4-7,10-15H2,(H,22,23,25). The zero-order chi connectivity index (χ0) is 18.7. The number of nitrogens with one attached hydrogen (secondary N) is 1. The van der Waals surface area contributed by atoms with Crippen molar-refractivity contribution in [3.63, 3.8) is 0 Å². The lowest BCUT2D eigenvalue weighted by Crippen LogP contribution is -2.46. The lowest BCUT2D eigenvalue weighted by Gasteiger charge is -2.37. The van der Waals surface area contributed by atoms with E-state index in [1.807, 2.05) is 18.2 Å². The van der Waals surface area contributed by atoms with Gasteiger partial charge in [-0.05, 0) is 37.8 Å². The van der Waals surface area contributed by atoms with Crippen LogP contribution in [0.15, 0.2) is 29.1 Å². The zero-order valence-corrected chi connectivity index (χ0v) is 15.8. The minimum Gasteiger partial charge on any atom is -0.389 e. The Morgan fingerprint density at radius 3 is 2.81 bits per heavy atom. The number of nitrogens with zero attached hydrogens (tertiary/aromatic N) is 2. The van der Waals surface area contributed by atoms with Gasteiger partial charge in [0.05, 0.1) is 29.2 Å². The van der Waals surface area contributed by atoms with E-state index in [0.717, 1.165) is 51.7 Å². The average Bonchev–Trinajstić information content (AvgIpc) is 3.15. The number of H-pyrrole nitrogens is 1. The van der Waals surface area contributed by atoms with E-state index < -0.39 is 5.60 Å². The summed E-state index contributed by atoms with van der Waals surface area (Å²) < 4.78 is 5.82. The van der Waals surface area contributed by atoms with Crippen LogP contribution in [0.3, 0.4) is 0 Å². The van der Waals surface area contributed by atoms with Crippen molar-refractivity contribution in [3.05, 3.63) is 40.4 Å². The molecule has 2 aromatic rings. The SMILES string of the molecule is O=c1[nH]c(CN(CC2CCCO2)CC2(O)CCCCC2)nc2ccccc12. The minimum absolute atomic E-state index is 0.107. The van der Waals surface area contributed by atoms with Gasteiger partial charge in [0.1, 0.15) is 5.82 Å². The molecule has 6 nitrogen and oxygen atoms in total. The van der Waals surface area contributed by atoms with E-state index in [-0.39, 0.29) is 11.7 Å². The van der Waals surface area contributed by atoms with Crippen LogP contribution in [0.25, 0.3) is 10.9 Å². The van der Waals surface area contributed by atoms with Gasteiger partial charge >= 0.3 is 0 Å². The van der Waals surface area contributed by atoms with Gasteiger partial charge in [-0.3, -0.25) is 9.69 Å². The minimum atomic E-state index is -0.645. The fourth-order valence-corrected chi connectivity index (χ4v) is 4.47. The highest BCUT2D eigenvalue weighted by Crippen LogP contribution is 2.29. The fraction of sp³-hybridized carbons (Fsp3) is 0.619. The van der Waals surface area contributed by atoms with Crippen LogP contribution in [0.1, 0.15) is 50.8 Å². The Labute approximate surface area is 159 Å². The van der Waals surface area contributed by atoms with Crippen molar-refractivity contribution in [3.8, 4) is 0 Å². The number of aromatic nitrogens is 2. The molecule has 1 aromatic carbocycles. The highest BCUT2D eigenvalue weighted by atomic mass is 16.5. The van der Waals surface area contributed by atoms with Gasteiger partial charge in [0.25, 0.3) is 5.56 Å². The largest absolute Gasteiger partial charge is 0.389 e. The zero-order valence-electron chi connectivity index (χ0n) is 15.8. The van der Waals surface area contributed by atoms with Crippen molar-refractivity contribution in [2.45, 2.75) is 63.2 Å². The molecule has 1 aliphatic carbocycles. The Balaban J connectivity index is 1.55. The van der Waals surface area contributed by atoms with Crippen LogP contribution < -0.4 is 5.56 Å². The number of benzene rings is 1. The summed E-state index contributed by atoms with van der Waals surface area (Å²) in [6, 6.07) is 7.40. The molecule has 4 rings (SSSR count). The summed E-state index contributed by atoms with van der Waals surface area (Å²) in [5.74, 6) is 0.649. The quantitative estimate of drug-likeness (QED) is 0.816. The molecule has 2 fully saturated rings. The molecule has 1 saturated heterocycles. The molecular weight excluding hydrogens is 342 g/mol. The fourth-order valence-electron chi connectivity index (χ4n) is 4.47. The van der Waals surface area contributed by atoms with Crippen molar-refractivity contribution in [1.82, 2.24) is 14.9 Å². The van der Waals surface area contributed by atoms with E-state index in [0.29, 0.717) is 29.8 Å². The third kappa shape index (κ3) is 4.57. The molecule has 1 aromatic heterocycles. The predicted molar refractivity (Wildman–Crippen MR) is 105 cm³/mol. The van der Waals surface area contributed by atoms with E-state index in [1.54, 1.807) is 6.07 Å². The van der Waals surface area contributed by atoms with E-state index in [1.165, 1.54) is 6.42 Å². The summed E-state index contributed by atoms with van der Waals surface area (Å²) in [5.41, 5.74) is -0.0395. The first-order valence-electron chi connectivity index (χ1n) is 10.2. The molecule has 2 aliphatic rings. The van der Waals surface area contributed by atoms with Crippen molar-refractivity contribution >= 4 is 10.9 Å². The Hall–Kier alpha value is -1.76. The third-order valence-electron chi connectivity index (χ3n) is 5.82. The number of ether oxygens (including phenoxy) is 1. The van der Waals surface area contributed by atoms with Crippen LogP contribution in [-0.2, 0) is 11.3 Å². The number of para-hydroxylation sites is 1. The highest BCUT2D eigenvalue weighted by Gasteiger charge is 2.33. The number of fused-ring (bicyclic) bond motifs is 1. The molecule has 6 heteroatoms. The lowest BCUT2D eigenvalue weighted by molar-refractivity contribution is -0.0390. The Morgan fingerprint density at radius 2 is 2.04 bits per heavy atom. The van der Waals surface area contributed by atoms with Crippen LogP contribution in [0.2, 0.25) is 0 Å². The Bertz CT molecular complexity index is 823. The summed E-state index contributed by atoms with van der Waals surface area (Å²) >= 11 is 0. The maximum atomic E-state index is 12.4. The number of aliphatic hydroxyl groups is 1. The predicted octanol–water partition coefficient (Wildman–Crippen LogP) is 2.60. The molecule has 1 saturated carbocycles. The molecule has 1 aliphatic heterocycles.